The van der Waals surface area contributed by atoms with Gasteiger partial charge < -0.3 is 14.2 Å². The predicted octanol–water partition coefficient (Wildman–Crippen LogP) is 2.90. The van der Waals surface area contributed by atoms with Gasteiger partial charge in [0.25, 0.3) is 0 Å². The number of likely N-dealkylation sites (tertiary alicyclic amines) is 1. The van der Waals surface area contributed by atoms with Gasteiger partial charge in [-0.05, 0) is 45.1 Å². The second kappa shape index (κ2) is 9.72. The van der Waals surface area contributed by atoms with Gasteiger partial charge in [-0.25, -0.2) is 8.42 Å². The van der Waals surface area contributed by atoms with Crippen LogP contribution in [0.5, 0.6) is 0 Å². The van der Waals surface area contributed by atoms with Crippen LogP contribution in [0, 0.1) is 19.8 Å². The van der Waals surface area contributed by atoms with Gasteiger partial charge in [-0.2, -0.15) is 4.31 Å². The first-order valence-electron chi connectivity index (χ1n) is 11.2. The summed E-state index contributed by atoms with van der Waals surface area (Å²) in [5.41, 5.74) is 1.50. The Kier molecular flexibility index (Phi) is 6.97. The van der Waals surface area contributed by atoms with Crippen molar-refractivity contribution in [2.75, 3.05) is 26.2 Å². The Balaban J connectivity index is 1.32. The van der Waals surface area contributed by atoms with Crippen molar-refractivity contribution in [3.8, 4) is 0 Å². The molecular weight excluding hydrogens is 430 g/mol. The van der Waals surface area contributed by atoms with E-state index in [1.165, 1.54) is 4.31 Å². The average Bonchev–Trinajstić information content (AvgIpc) is 3.17. The summed E-state index contributed by atoms with van der Waals surface area (Å²) in [6, 6.07) is 10.1. The number of piperidine rings is 2. The molecule has 0 bridgehead atoms. The molecule has 3 heterocycles. The molecule has 32 heavy (non-hydrogen) atoms. The van der Waals surface area contributed by atoms with Gasteiger partial charge in [-0.3, -0.25) is 4.79 Å². The van der Waals surface area contributed by atoms with Crippen molar-refractivity contribution in [1.82, 2.24) is 14.4 Å². The van der Waals surface area contributed by atoms with Gasteiger partial charge in [0.15, 0.2) is 5.76 Å². The second-order valence-electron chi connectivity index (χ2n) is 8.68. The topological polar surface area (TPSA) is 93.0 Å². The van der Waals surface area contributed by atoms with Crippen molar-refractivity contribution in [3.05, 3.63) is 47.3 Å². The van der Waals surface area contributed by atoms with Crippen LogP contribution in [-0.4, -0.2) is 61.0 Å². The molecule has 1 atom stereocenters. The molecule has 2 aromatic rings. The van der Waals surface area contributed by atoms with Gasteiger partial charge in [0.05, 0.1) is 18.6 Å². The zero-order valence-corrected chi connectivity index (χ0v) is 19.5. The van der Waals surface area contributed by atoms with Gasteiger partial charge in [-0.1, -0.05) is 35.5 Å². The quantitative estimate of drug-likeness (QED) is 0.657. The summed E-state index contributed by atoms with van der Waals surface area (Å²) >= 11 is 0. The molecule has 0 saturated carbocycles. The zero-order chi connectivity index (χ0) is 22.7. The Bertz CT molecular complexity index is 1010. The van der Waals surface area contributed by atoms with E-state index in [2.05, 4.69) is 5.16 Å². The summed E-state index contributed by atoms with van der Waals surface area (Å²) in [5, 5.41) is 3.78. The lowest BCUT2D eigenvalue weighted by molar-refractivity contribution is -0.139. The second-order valence-corrected chi connectivity index (χ2v) is 10.6. The Hall–Kier alpha value is -2.23. The maximum absolute atomic E-state index is 13.2. The molecule has 4 rings (SSSR count). The lowest BCUT2D eigenvalue weighted by atomic mass is 9.96. The number of hydrogen-bond donors (Lipinski definition) is 0. The van der Waals surface area contributed by atoms with Gasteiger partial charge in [0.1, 0.15) is 10.6 Å². The lowest BCUT2D eigenvalue weighted by Crippen LogP contribution is -2.49. The van der Waals surface area contributed by atoms with E-state index < -0.39 is 10.0 Å². The first kappa shape index (κ1) is 22.9. The number of carbonyl (C=O) groups excluding carboxylic acids is 1. The largest absolute Gasteiger partial charge is 0.373 e. The number of ether oxygens (including phenoxy) is 1. The van der Waals surface area contributed by atoms with Crippen LogP contribution in [0.3, 0.4) is 0 Å². The van der Waals surface area contributed by atoms with Crippen molar-refractivity contribution in [2.45, 2.75) is 57.1 Å². The smallest absolute Gasteiger partial charge is 0.248 e. The van der Waals surface area contributed by atoms with Gasteiger partial charge >= 0.3 is 0 Å². The Morgan fingerprint density at radius 3 is 2.50 bits per heavy atom. The van der Waals surface area contributed by atoms with Crippen LogP contribution < -0.4 is 0 Å². The molecule has 1 aromatic heterocycles. The number of rotatable bonds is 6. The fourth-order valence-corrected chi connectivity index (χ4v) is 6.44. The molecule has 0 radical (unpaired) electrons. The van der Waals surface area contributed by atoms with Crippen LogP contribution >= 0.6 is 0 Å². The highest BCUT2D eigenvalue weighted by Crippen LogP contribution is 2.29. The fourth-order valence-electron chi connectivity index (χ4n) is 4.62. The van der Waals surface area contributed by atoms with Gasteiger partial charge in [0, 0.05) is 26.2 Å². The summed E-state index contributed by atoms with van der Waals surface area (Å²) in [5.74, 6) is 0.0134. The highest BCUT2D eigenvalue weighted by atomic mass is 32.2. The Morgan fingerprint density at radius 2 is 1.84 bits per heavy atom. The summed E-state index contributed by atoms with van der Waals surface area (Å²) in [7, 11) is -3.73. The molecule has 0 aliphatic carbocycles. The summed E-state index contributed by atoms with van der Waals surface area (Å²) < 4.78 is 38.8. The van der Waals surface area contributed by atoms with E-state index in [1.54, 1.807) is 13.8 Å². The van der Waals surface area contributed by atoms with E-state index in [-0.39, 0.29) is 35.1 Å². The monoisotopic (exact) mass is 461 g/mol. The van der Waals surface area contributed by atoms with E-state index >= 15 is 0 Å². The zero-order valence-electron chi connectivity index (χ0n) is 18.7. The van der Waals surface area contributed by atoms with Crippen LogP contribution in [0.1, 0.15) is 42.7 Å². The minimum Gasteiger partial charge on any atom is -0.373 e. The number of nitrogens with zero attached hydrogens (tertiary/aromatic N) is 3. The van der Waals surface area contributed by atoms with Crippen LogP contribution in [0.4, 0.5) is 0 Å². The highest BCUT2D eigenvalue weighted by molar-refractivity contribution is 7.89. The molecule has 0 spiro atoms. The molecule has 1 unspecified atom stereocenters. The molecule has 1 amide bonds. The Labute approximate surface area is 189 Å². The number of sulfonamides is 1. The van der Waals surface area contributed by atoms with E-state index in [1.807, 2.05) is 35.2 Å². The normalized spacial score (nSPS) is 21.1. The van der Waals surface area contributed by atoms with Crippen LogP contribution in [-0.2, 0) is 26.2 Å². The van der Waals surface area contributed by atoms with Crippen LogP contribution in [0.15, 0.2) is 39.8 Å². The Morgan fingerprint density at radius 1 is 1.12 bits per heavy atom. The molecule has 174 valence electrons. The number of benzene rings is 1. The van der Waals surface area contributed by atoms with Gasteiger partial charge in [-0.15, -0.1) is 0 Å². The third-order valence-electron chi connectivity index (χ3n) is 6.38. The first-order chi connectivity index (χ1) is 15.4. The van der Waals surface area contributed by atoms with Crippen molar-refractivity contribution < 1.29 is 22.5 Å². The number of amides is 1. The van der Waals surface area contributed by atoms with Crippen molar-refractivity contribution in [1.29, 1.82) is 0 Å². The molecule has 0 N–H and O–H groups in total. The fraction of sp³-hybridized carbons (Fsp3) is 0.565. The third-order valence-corrected chi connectivity index (χ3v) is 8.49. The summed E-state index contributed by atoms with van der Waals surface area (Å²) in [4.78, 5) is 15.2. The first-order valence-corrected chi connectivity index (χ1v) is 12.7. The van der Waals surface area contributed by atoms with E-state index in [9.17, 15) is 13.2 Å². The lowest BCUT2D eigenvalue weighted by Gasteiger charge is -2.37. The molecule has 2 aliphatic rings. The molecule has 2 fully saturated rings. The molecule has 9 heteroatoms. The van der Waals surface area contributed by atoms with E-state index in [4.69, 9.17) is 9.26 Å². The van der Waals surface area contributed by atoms with E-state index in [0.717, 1.165) is 18.4 Å². The van der Waals surface area contributed by atoms with Crippen molar-refractivity contribution in [2.24, 2.45) is 5.92 Å². The average molecular weight is 462 g/mol. The minimum absolute atomic E-state index is 0.0465. The highest BCUT2D eigenvalue weighted by Gasteiger charge is 2.38. The minimum atomic E-state index is -3.73. The summed E-state index contributed by atoms with van der Waals surface area (Å²) in [6.07, 6.45) is 3.10. The number of hydrogen-bond acceptors (Lipinski definition) is 6. The molecule has 1 aromatic carbocycles. The molecular formula is C23H31N3O5S. The van der Waals surface area contributed by atoms with Crippen LogP contribution in [0.25, 0.3) is 0 Å². The maximum atomic E-state index is 13.2. The van der Waals surface area contributed by atoms with Crippen molar-refractivity contribution in [3.63, 3.8) is 0 Å². The van der Waals surface area contributed by atoms with Crippen LogP contribution in [0.2, 0.25) is 0 Å². The molecule has 8 nitrogen and oxygen atoms in total. The van der Waals surface area contributed by atoms with E-state index in [0.29, 0.717) is 44.8 Å². The summed E-state index contributed by atoms with van der Waals surface area (Å²) in [6.45, 7) is 5.71. The third kappa shape index (κ3) is 4.89. The molecule has 2 saturated heterocycles. The van der Waals surface area contributed by atoms with Gasteiger partial charge in [0.2, 0.25) is 15.9 Å². The molecule has 2 aliphatic heterocycles. The number of aromatic nitrogens is 1. The van der Waals surface area contributed by atoms with Crippen molar-refractivity contribution >= 4 is 15.9 Å². The number of aryl methyl sites for hydroxylation is 2. The maximum Gasteiger partial charge on any atom is 0.248 e. The predicted molar refractivity (Wildman–Crippen MR) is 118 cm³/mol. The SMILES string of the molecule is Cc1noc(C)c1S(=O)(=O)N1CCCC(C(=O)N2CCC(OCc3ccccc3)CC2)C1. The number of carbonyl (C=O) groups is 1. The standard InChI is InChI=1S/C23H31N3O5S/c1-17-22(18(2)31-24-17)32(28,29)26-12-6-9-20(15-26)23(27)25-13-10-21(11-14-25)30-16-19-7-4-3-5-8-19/h3-5,7-8,20-21H,6,9-16H2,1-2H3.